The summed E-state index contributed by atoms with van der Waals surface area (Å²) in [6.07, 6.45) is 4.55. The molecule has 2 saturated carbocycles. The number of fused-ring (bicyclic) bond motifs is 5. The van der Waals surface area contributed by atoms with Crippen molar-refractivity contribution < 1.29 is 14.4 Å². The van der Waals surface area contributed by atoms with Gasteiger partial charge in [0.25, 0.3) is 0 Å². The van der Waals surface area contributed by atoms with Crippen LogP contribution in [-0.4, -0.2) is 38.8 Å². The van der Waals surface area contributed by atoms with Gasteiger partial charge in [0.15, 0.2) is 0 Å². The number of nitrogens with zero attached hydrogens (tertiary/aromatic N) is 1. The van der Waals surface area contributed by atoms with Crippen LogP contribution in [0.1, 0.15) is 44.6 Å². The average molecular weight is 619 g/mol. The van der Waals surface area contributed by atoms with Crippen LogP contribution in [0.5, 0.6) is 0 Å². The average Bonchev–Trinajstić information content (AvgIpc) is 3.35. The molecule has 5 nitrogen and oxygen atoms in total. The SMILES string of the molecule is CCc1cc(Br)ccc1NC(=O)CCCCCN1C(=O)[C@@H]2[C@@H]3C[C@H]([C@H](Br)[C@@H]3Br)[C@@H]2C1=O. The molecule has 2 bridgehead atoms. The van der Waals surface area contributed by atoms with Crippen LogP contribution in [0, 0.1) is 23.7 Å². The quantitative estimate of drug-likeness (QED) is 0.245. The maximum absolute atomic E-state index is 12.9. The molecule has 6 atom stereocenters. The zero-order valence-electron chi connectivity index (χ0n) is 17.5. The van der Waals surface area contributed by atoms with E-state index in [1.807, 2.05) is 18.2 Å². The predicted molar refractivity (Wildman–Crippen MR) is 131 cm³/mol. The molecule has 3 aliphatic rings. The van der Waals surface area contributed by atoms with E-state index in [2.05, 4.69) is 60.0 Å². The van der Waals surface area contributed by atoms with Gasteiger partial charge in [-0.2, -0.15) is 0 Å². The number of alkyl halides is 2. The van der Waals surface area contributed by atoms with E-state index in [0.717, 1.165) is 47.8 Å². The van der Waals surface area contributed by atoms with Crippen molar-refractivity contribution in [2.75, 3.05) is 11.9 Å². The summed E-state index contributed by atoms with van der Waals surface area (Å²) >= 11 is 10.9. The minimum absolute atomic E-state index is 0.00294. The number of hydrogen-bond donors (Lipinski definition) is 1. The first kappa shape index (κ1) is 23.4. The van der Waals surface area contributed by atoms with Crippen LogP contribution in [-0.2, 0) is 20.8 Å². The lowest BCUT2D eigenvalue weighted by atomic mass is 9.81. The van der Waals surface area contributed by atoms with Gasteiger partial charge >= 0.3 is 0 Å². The number of unbranched alkanes of at least 4 members (excludes halogenated alkanes) is 2. The summed E-state index contributed by atoms with van der Waals surface area (Å²) in [5.74, 6) is 0.286. The molecule has 4 rings (SSSR count). The molecule has 0 aromatic heterocycles. The minimum atomic E-state index is -0.139. The van der Waals surface area contributed by atoms with Crippen LogP contribution < -0.4 is 5.32 Å². The molecule has 0 radical (unpaired) electrons. The van der Waals surface area contributed by atoms with Crippen molar-refractivity contribution in [1.82, 2.24) is 4.90 Å². The molecule has 3 amide bonds. The highest BCUT2D eigenvalue weighted by molar-refractivity contribution is 9.12. The normalized spacial score (nSPS) is 31.4. The Hall–Kier alpha value is -0.730. The first-order chi connectivity index (χ1) is 14.8. The van der Waals surface area contributed by atoms with E-state index in [9.17, 15) is 14.4 Å². The third-order valence-corrected chi connectivity index (χ3v) is 10.8. The summed E-state index contributed by atoms with van der Waals surface area (Å²) in [5.41, 5.74) is 1.96. The van der Waals surface area contributed by atoms with Crippen molar-refractivity contribution in [3.05, 3.63) is 28.2 Å². The van der Waals surface area contributed by atoms with E-state index in [0.29, 0.717) is 13.0 Å². The molecule has 1 N–H and O–H groups in total. The molecular weight excluding hydrogens is 592 g/mol. The zero-order chi connectivity index (χ0) is 22.3. The highest BCUT2D eigenvalue weighted by Gasteiger charge is 2.66. The fourth-order valence-corrected chi connectivity index (χ4v) is 7.83. The Labute approximate surface area is 208 Å². The number of nitrogens with one attached hydrogen (secondary N) is 1. The topological polar surface area (TPSA) is 66.5 Å². The van der Waals surface area contributed by atoms with E-state index in [4.69, 9.17) is 0 Å². The van der Waals surface area contributed by atoms with E-state index in [-0.39, 0.29) is 51.0 Å². The Kier molecular flexibility index (Phi) is 7.28. The molecule has 0 unspecified atom stereocenters. The number of benzene rings is 1. The summed E-state index contributed by atoms with van der Waals surface area (Å²) in [7, 11) is 0. The highest BCUT2D eigenvalue weighted by Crippen LogP contribution is 2.60. The second-order valence-electron chi connectivity index (χ2n) is 8.85. The molecule has 1 aromatic carbocycles. The molecule has 3 fully saturated rings. The lowest BCUT2D eigenvalue weighted by molar-refractivity contribution is -0.140. The van der Waals surface area contributed by atoms with Gasteiger partial charge in [-0.25, -0.2) is 0 Å². The fraction of sp³-hybridized carbons (Fsp3) is 0.609. The number of carbonyl (C=O) groups excluding carboxylic acids is 3. The van der Waals surface area contributed by atoms with Gasteiger partial charge < -0.3 is 5.32 Å². The number of imide groups is 1. The number of anilines is 1. The number of likely N-dealkylation sites (tertiary alicyclic amines) is 1. The molecule has 1 saturated heterocycles. The first-order valence-corrected chi connectivity index (χ1v) is 13.7. The summed E-state index contributed by atoms with van der Waals surface area (Å²) in [6.45, 7) is 2.53. The number of amides is 3. The van der Waals surface area contributed by atoms with Crippen molar-refractivity contribution in [3.63, 3.8) is 0 Å². The fourth-order valence-electron chi connectivity index (χ4n) is 5.55. The minimum Gasteiger partial charge on any atom is -0.326 e. The van der Waals surface area contributed by atoms with Gasteiger partial charge in [-0.3, -0.25) is 19.3 Å². The Balaban J connectivity index is 1.22. The van der Waals surface area contributed by atoms with Crippen molar-refractivity contribution in [2.45, 2.75) is 55.1 Å². The van der Waals surface area contributed by atoms with Crippen LogP contribution >= 0.6 is 47.8 Å². The molecule has 2 aliphatic carbocycles. The van der Waals surface area contributed by atoms with E-state index >= 15 is 0 Å². The largest absolute Gasteiger partial charge is 0.326 e. The summed E-state index contributed by atoms with van der Waals surface area (Å²) < 4.78 is 1.00. The summed E-state index contributed by atoms with van der Waals surface area (Å²) in [4.78, 5) is 40.1. The molecule has 0 spiro atoms. The third-order valence-electron chi connectivity index (χ3n) is 7.09. The van der Waals surface area contributed by atoms with Crippen molar-refractivity contribution >= 4 is 71.2 Å². The number of rotatable bonds is 8. The van der Waals surface area contributed by atoms with Crippen molar-refractivity contribution in [2.24, 2.45) is 23.7 Å². The van der Waals surface area contributed by atoms with Gasteiger partial charge in [0.2, 0.25) is 17.7 Å². The Bertz CT molecular complexity index is 861. The highest BCUT2D eigenvalue weighted by atomic mass is 79.9. The number of halogens is 3. The molecule has 31 heavy (non-hydrogen) atoms. The van der Waals surface area contributed by atoms with Crippen LogP contribution in [0.15, 0.2) is 22.7 Å². The first-order valence-electron chi connectivity index (χ1n) is 11.0. The van der Waals surface area contributed by atoms with Gasteiger partial charge in [0, 0.05) is 32.8 Å². The number of aryl methyl sites for hydroxylation is 1. The predicted octanol–water partition coefficient (Wildman–Crippen LogP) is 5.29. The maximum atomic E-state index is 12.9. The van der Waals surface area contributed by atoms with Crippen LogP contribution in [0.25, 0.3) is 0 Å². The molecule has 1 aliphatic heterocycles. The zero-order valence-corrected chi connectivity index (χ0v) is 22.2. The monoisotopic (exact) mass is 616 g/mol. The van der Waals surface area contributed by atoms with Gasteiger partial charge in [0.05, 0.1) is 11.8 Å². The summed E-state index contributed by atoms with van der Waals surface area (Å²) in [6, 6.07) is 5.87. The van der Waals surface area contributed by atoms with Gasteiger partial charge in [-0.15, -0.1) is 0 Å². The molecule has 168 valence electrons. The van der Waals surface area contributed by atoms with Crippen LogP contribution in [0.4, 0.5) is 5.69 Å². The molecule has 8 heteroatoms. The number of carbonyl (C=O) groups is 3. The van der Waals surface area contributed by atoms with Crippen molar-refractivity contribution in [3.8, 4) is 0 Å². The lowest BCUT2D eigenvalue weighted by Crippen LogP contribution is -2.37. The Morgan fingerprint density at radius 1 is 1.06 bits per heavy atom. The van der Waals surface area contributed by atoms with Gasteiger partial charge in [-0.1, -0.05) is 61.1 Å². The maximum Gasteiger partial charge on any atom is 0.233 e. The van der Waals surface area contributed by atoms with Crippen molar-refractivity contribution in [1.29, 1.82) is 0 Å². The van der Waals surface area contributed by atoms with Gasteiger partial charge in [0.1, 0.15) is 0 Å². The Morgan fingerprint density at radius 2 is 1.71 bits per heavy atom. The Morgan fingerprint density at radius 3 is 2.32 bits per heavy atom. The molecular formula is C23H27Br3N2O3. The van der Waals surface area contributed by atoms with E-state index in [1.165, 1.54) is 4.90 Å². The standard InChI is InChI=1S/C23H27Br3N2O3/c1-2-12-10-13(24)7-8-16(12)27-17(29)6-4-3-5-9-28-22(30)18-14-11-15(19(18)23(28)31)21(26)20(14)25/h7-8,10,14-15,18-21H,2-6,9,11H2,1H3,(H,27,29)/t14-,15-,18-,19+,20-,21+/m0/s1. The summed E-state index contributed by atoms with van der Waals surface area (Å²) in [5, 5.41) is 3.00. The van der Waals surface area contributed by atoms with Crippen LogP contribution in [0.2, 0.25) is 0 Å². The second kappa shape index (κ2) is 9.64. The van der Waals surface area contributed by atoms with Crippen LogP contribution in [0.3, 0.4) is 0 Å². The number of hydrogen-bond acceptors (Lipinski definition) is 3. The second-order valence-corrected chi connectivity index (χ2v) is 11.9. The molecule has 1 heterocycles. The van der Waals surface area contributed by atoms with E-state index < -0.39 is 0 Å². The van der Waals surface area contributed by atoms with E-state index in [1.54, 1.807) is 0 Å². The smallest absolute Gasteiger partial charge is 0.233 e. The molecule has 1 aromatic rings. The third kappa shape index (κ3) is 4.41. The lowest BCUT2D eigenvalue weighted by Gasteiger charge is -2.28. The van der Waals surface area contributed by atoms with Gasteiger partial charge in [-0.05, 0) is 61.3 Å².